The molecule has 2 aliphatic heterocycles. The SMILES string of the molecule is CC(C)(C)c1ccc(N(c2ccc(C(C)(C)C)cc2)c2cc3c4c(c2)N(c2ccc(C(C)(C)C)cc2)c2ccc(C(C)(C)C)cc2B4c2cc(C(C)(C)C)ccc2N3c2ccc(-c3cc4ccccc4o3)cc2)cc1. The minimum absolute atomic E-state index is 0.00459. The number of nitrogens with zero attached hydrogens (tertiary/aromatic N) is 3. The van der Waals surface area contributed by atoms with Crippen molar-refractivity contribution in [3.8, 4) is 11.3 Å². The van der Waals surface area contributed by atoms with Gasteiger partial charge in [-0.1, -0.05) is 183 Å². The molecule has 1 aromatic heterocycles. The van der Waals surface area contributed by atoms with Crippen LogP contribution in [0.2, 0.25) is 0 Å². The number of benzene rings is 8. The molecule has 11 rings (SSSR count). The molecule has 9 aromatic rings. The molecule has 378 valence electrons. The molecular weight excluding hydrogens is 910 g/mol. The Morgan fingerprint density at radius 3 is 1.16 bits per heavy atom. The lowest BCUT2D eigenvalue weighted by molar-refractivity contribution is 0.590. The van der Waals surface area contributed by atoms with Crippen molar-refractivity contribution in [2.75, 3.05) is 14.7 Å². The minimum atomic E-state index is -0.0712. The highest BCUT2D eigenvalue weighted by atomic mass is 16.3. The van der Waals surface area contributed by atoms with E-state index < -0.39 is 0 Å². The van der Waals surface area contributed by atoms with Crippen LogP contribution in [-0.2, 0) is 27.1 Å². The highest BCUT2D eigenvalue weighted by Gasteiger charge is 2.45. The van der Waals surface area contributed by atoms with Crippen LogP contribution in [-0.4, -0.2) is 6.71 Å². The first-order chi connectivity index (χ1) is 35.3. The highest BCUT2D eigenvalue weighted by Crippen LogP contribution is 2.49. The fourth-order valence-corrected chi connectivity index (χ4v) is 11.3. The van der Waals surface area contributed by atoms with Crippen molar-refractivity contribution < 1.29 is 4.42 Å². The smallest absolute Gasteiger partial charge is 0.252 e. The van der Waals surface area contributed by atoms with Crippen LogP contribution in [0.1, 0.15) is 132 Å². The van der Waals surface area contributed by atoms with E-state index in [1.807, 2.05) is 12.1 Å². The second kappa shape index (κ2) is 17.7. The van der Waals surface area contributed by atoms with E-state index in [-0.39, 0.29) is 33.8 Å². The van der Waals surface area contributed by atoms with E-state index in [1.165, 1.54) is 61.3 Å². The molecule has 0 aliphatic carbocycles. The normalized spacial score (nSPS) is 13.7. The molecule has 75 heavy (non-hydrogen) atoms. The molecule has 8 aromatic carbocycles. The second-order valence-corrected chi connectivity index (χ2v) is 26.5. The predicted molar refractivity (Wildman–Crippen MR) is 324 cm³/mol. The number of hydrogen-bond donors (Lipinski definition) is 0. The van der Waals surface area contributed by atoms with Gasteiger partial charge in [-0.05, 0) is 168 Å². The Balaban J connectivity index is 1.23. The Labute approximate surface area is 448 Å². The van der Waals surface area contributed by atoms with Gasteiger partial charge in [0.15, 0.2) is 0 Å². The zero-order valence-corrected chi connectivity index (χ0v) is 47.1. The van der Waals surface area contributed by atoms with Crippen molar-refractivity contribution in [1.82, 2.24) is 0 Å². The Bertz CT molecular complexity index is 3510. The van der Waals surface area contributed by atoms with E-state index in [2.05, 4.69) is 282 Å². The van der Waals surface area contributed by atoms with Gasteiger partial charge in [0.25, 0.3) is 6.71 Å². The fraction of sp³-hybridized carbons (Fsp3) is 0.286. The Morgan fingerprint density at radius 2 is 0.747 bits per heavy atom. The van der Waals surface area contributed by atoms with Crippen LogP contribution in [0, 0.1) is 0 Å². The minimum Gasteiger partial charge on any atom is -0.456 e. The summed E-state index contributed by atoms with van der Waals surface area (Å²) in [6.45, 7) is 34.6. The maximum atomic E-state index is 6.45. The molecule has 0 bridgehead atoms. The van der Waals surface area contributed by atoms with Gasteiger partial charge in [0, 0.05) is 56.4 Å². The number of anilines is 9. The standard InChI is InChI=1S/C70H74BN3O/c1-66(2,3)47-22-32-52(33-23-47)72(53-34-24-48(25-35-53)67(4,5)6)56-43-61-65-62(44-56)74(55-36-26-49(27-37-55)68(7,8)9)60-39-29-51(70(13,14)15)42-58(60)71(65)57-41-50(69(10,11)12)28-38-59(57)73(61)54-30-20-45(21-31-54)64-40-46-18-16-17-19-63(46)75-64/h16-44H,1-15H3. The van der Waals surface area contributed by atoms with E-state index >= 15 is 0 Å². The molecule has 0 fully saturated rings. The van der Waals surface area contributed by atoms with Gasteiger partial charge >= 0.3 is 0 Å². The third-order valence-corrected chi connectivity index (χ3v) is 15.9. The van der Waals surface area contributed by atoms with Crippen molar-refractivity contribution in [3.05, 3.63) is 204 Å². The summed E-state index contributed by atoms with van der Waals surface area (Å²) in [7, 11) is 0. The summed E-state index contributed by atoms with van der Waals surface area (Å²) in [6.07, 6.45) is 0. The number of hydrogen-bond acceptors (Lipinski definition) is 4. The van der Waals surface area contributed by atoms with Crippen LogP contribution in [0.25, 0.3) is 22.3 Å². The lowest BCUT2D eigenvalue weighted by Crippen LogP contribution is -2.61. The summed E-state index contributed by atoms with van der Waals surface area (Å²) in [5.74, 6) is 0.862. The van der Waals surface area contributed by atoms with Crippen molar-refractivity contribution >= 4 is 85.3 Å². The first-order valence-corrected chi connectivity index (χ1v) is 27.1. The molecule has 3 heterocycles. The van der Waals surface area contributed by atoms with Crippen LogP contribution >= 0.6 is 0 Å². The van der Waals surface area contributed by atoms with E-state index in [1.54, 1.807) is 0 Å². The molecule has 2 aliphatic rings. The van der Waals surface area contributed by atoms with Gasteiger partial charge in [0.05, 0.1) is 5.69 Å². The van der Waals surface area contributed by atoms with E-state index in [9.17, 15) is 0 Å². The molecule has 0 unspecified atom stereocenters. The zero-order chi connectivity index (χ0) is 53.1. The average molecular weight is 984 g/mol. The summed E-state index contributed by atoms with van der Waals surface area (Å²) < 4.78 is 6.45. The molecule has 0 amide bonds. The third kappa shape index (κ3) is 9.06. The molecule has 4 nitrogen and oxygen atoms in total. The summed E-state index contributed by atoms with van der Waals surface area (Å²) in [5, 5.41) is 1.10. The first kappa shape index (κ1) is 49.9. The van der Waals surface area contributed by atoms with Crippen molar-refractivity contribution in [2.24, 2.45) is 0 Å². The van der Waals surface area contributed by atoms with E-state index in [4.69, 9.17) is 4.42 Å². The number of para-hydroxylation sites is 1. The first-order valence-electron chi connectivity index (χ1n) is 27.1. The maximum Gasteiger partial charge on any atom is 0.252 e. The molecular formula is C70H74BN3O. The summed E-state index contributed by atoms with van der Waals surface area (Å²) in [5.41, 5.74) is 22.5. The van der Waals surface area contributed by atoms with Crippen molar-refractivity contribution in [3.63, 3.8) is 0 Å². The Kier molecular flexibility index (Phi) is 11.8. The zero-order valence-electron chi connectivity index (χ0n) is 47.1. The van der Waals surface area contributed by atoms with Crippen molar-refractivity contribution in [2.45, 2.75) is 131 Å². The molecule has 5 heteroatoms. The van der Waals surface area contributed by atoms with Crippen LogP contribution in [0.4, 0.5) is 51.2 Å². The Morgan fingerprint density at radius 1 is 0.360 bits per heavy atom. The fourth-order valence-electron chi connectivity index (χ4n) is 11.3. The Hall–Kier alpha value is -7.24. The molecule has 0 atom stereocenters. The van der Waals surface area contributed by atoms with E-state index in [0.29, 0.717) is 0 Å². The number of furan rings is 1. The van der Waals surface area contributed by atoms with E-state index in [0.717, 1.165) is 56.4 Å². The van der Waals surface area contributed by atoms with Crippen LogP contribution < -0.4 is 31.1 Å². The summed E-state index contributed by atoms with van der Waals surface area (Å²) >= 11 is 0. The molecule has 0 saturated carbocycles. The molecule has 0 spiro atoms. The van der Waals surface area contributed by atoms with Gasteiger partial charge in [-0.2, -0.15) is 0 Å². The van der Waals surface area contributed by atoms with Gasteiger partial charge in [0.2, 0.25) is 0 Å². The van der Waals surface area contributed by atoms with Gasteiger partial charge in [-0.3, -0.25) is 0 Å². The quantitative estimate of drug-likeness (QED) is 0.155. The van der Waals surface area contributed by atoms with Gasteiger partial charge < -0.3 is 19.1 Å². The predicted octanol–water partition coefficient (Wildman–Crippen LogP) is 18.1. The van der Waals surface area contributed by atoms with Gasteiger partial charge in [0.1, 0.15) is 11.3 Å². The lowest BCUT2D eigenvalue weighted by atomic mass is 9.33. The van der Waals surface area contributed by atoms with Crippen LogP contribution in [0.3, 0.4) is 0 Å². The number of rotatable bonds is 6. The lowest BCUT2D eigenvalue weighted by Gasteiger charge is -2.45. The topological polar surface area (TPSA) is 22.9 Å². The maximum absolute atomic E-state index is 6.45. The summed E-state index contributed by atoms with van der Waals surface area (Å²) in [6, 6.07) is 66.9. The van der Waals surface area contributed by atoms with Crippen molar-refractivity contribution in [1.29, 1.82) is 0 Å². The summed E-state index contributed by atoms with van der Waals surface area (Å²) in [4.78, 5) is 7.59. The largest absolute Gasteiger partial charge is 0.456 e. The van der Waals surface area contributed by atoms with Gasteiger partial charge in [-0.15, -0.1) is 0 Å². The molecule has 0 saturated heterocycles. The van der Waals surface area contributed by atoms with Gasteiger partial charge in [-0.25, -0.2) is 0 Å². The third-order valence-electron chi connectivity index (χ3n) is 15.9. The number of fused-ring (bicyclic) bond motifs is 5. The molecule has 0 radical (unpaired) electrons. The monoisotopic (exact) mass is 984 g/mol. The average Bonchev–Trinajstić information content (AvgIpc) is 3.81. The van der Waals surface area contributed by atoms with Crippen LogP contribution in [0.5, 0.6) is 0 Å². The molecule has 0 N–H and O–H groups in total. The highest BCUT2D eigenvalue weighted by molar-refractivity contribution is 7.00. The van der Waals surface area contributed by atoms with Crippen LogP contribution in [0.15, 0.2) is 180 Å². The second-order valence-electron chi connectivity index (χ2n) is 26.5.